The Balaban J connectivity index is 1.10. The molecule has 4 fully saturated rings. The second-order valence-corrected chi connectivity index (χ2v) is 15.3. The van der Waals surface area contributed by atoms with Gasteiger partial charge in [-0.3, -0.25) is 0 Å². The zero-order valence-electron chi connectivity index (χ0n) is 25.4. The molecular weight excluding hydrogens is 583 g/mol. The van der Waals surface area contributed by atoms with Crippen molar-refractivity contribution in [2.24, 2.45) is 17.6 Å². The van der Waals surface area contributed by atoms with E-state index in [0.717, 1.165) is 89.4 Å². The number of amides is 1. The molecule has 0 bridgehead atoms. The summed E-state index contributed by atoms with van der Waals surface area (Å²) in [6, 6.07) is 13.7. The van der Waals surface area contributed by atoms with E-state index in [4.69, 9.17) is 19.9 Å². The van der Waals surface area contributed by atoms with Gasteiger partial charge in [-0.25, -0.2) is 17.6 Å². The number of halogens is 1. The van der Waals surface area contributed by atoms with Gasteiger partial charge in [0.1, 0.15) is 24.3 Å². The highest BCUT2D eigenvalue weighted by Gasteiger charge is 2.53. The van der Waals surface area contributed by atoms with Gasteiger partial charge >= 0.3 is 6.09 Å². The highest BCUT2D eigenvalue weighted by atomic mass is 32.2. The molecule has 1 amide bonds. The third kappa shape index (κ3) is 6.77. The van der Waals surface area contributed by atoms with Crippen molar-refractivity contribution in [3.05, 3.63) is 59.9 Å². The van der Waals surface area contributed by atoms with Crippen molar-refractivity contribution in [2.75, 3.05) is 32.8 Å². The van der Waals surface area contributed by atoms with E-state index in [2.05, 4.69) is 11.0 Å². The predicted octanol–water partition coefficient (Wildman–Crippen LogP) is 5.62. The molecule has 10 heteroatoms. The van der Waals surface area contributed by atoms with Crippen molar-refractivity contribution < 1.29 is 31.8 Å². The third-order valence-electron chi connectivity index (χ3n) is 10.4. The molecule has 2 N–H and O–H groups in total. The van der Waals surface area contributed by atoms with Crippen LogP contribution in [0.1, 0.15) is 69.8 Å². The molecule has 3 atom stereocenters. The van der Waals surface area contributed by atoms with E-state index in [1.807, 2.05) is 6.07 Å². The van der Waals surface area contributed by atoms with Crippen LogP contribution in [0, 0.1) is 17.7 Å². The maximum absolute atomic E-state index is 14.8. The normalized spacial score (nSPS) is 27.3. The largest absolute Gasteiger partial charge is 0.491 e. The number of primary amides is 1. The molecule has 0 aromatic heterocycles. The molecule has 4 aliphatic rings. The molecule has 3 aliphatic carbocycles. The second kappa shape index (κ2) is 13.3. The lowest BCUT2D eigenvalue weighted by molar-refractivity contribution is -0.0364. The van der Waals surface area contributed by atoms with Crippen LogP contribution in [0.4, 0.5) is 9.18 Å². The topological polar surface area (TPSA) is 108 Å². The molecule has 2 aromatic rings. The highest BCUT2D eigenvalue weighted by molar-refractivity contribution is 7.92. The van der Waals surface area contributed by atoms with Gasteiger partial charge in [0.2, 0.25) is 0 Å². The van der Waals surface area contributed by atoms with Crippen LogP contribution < -0.4 is 10.5 Å². The van der Waals surface area contributed by atoms with Crippen LogP contribution in [0.2, 0.25) is 0 Å². The van der Waals surface area contributed by atoms with Gasteiger partial charge in [-0.15, -0.1) is 0 Å². The lowest BCUT2D eigenvalue weighted by Crippen LogP contribution is -2.57. The summed E-state index contributed by atoms with van der Waals surface area (Å²) in [5.74, 6) is 0.742. The molecule has 0 spiro atoms. The number of carbonyl (C=O) groups is 1. The molecule has 6 rings (SSSR count). The van der Waals surface area contributed by atoms with Gasteiger partial charge < -0.3 is 24.8 Å². The Morgan fingerprint density at radius 2 is 1.68 bits per heavy atom. The van der Waals surface area contributed by atoms with Gasteiger partial charge in [-0.2, -0.15) is 0 Å². The van der Waals surface area contributed by atoms with E-state index in [1.165, 1.54) is 6.07 Å². The number of rotatable bonds is 13. The Kier molecular flexibility index (Phi) is 9.50. The van der Waals surface area contributed by atoms with Crippen molar-refractivity contribution in [1.29, 1.82) is 0 Å². The fourth-order valence-corrected chi connectivity index (χ4v) is 9.66. The van der Waals surface area contributed by atoms with Crippen LogP contribution in [0.3, 0.4) is 0 Å². The number of hydrogen-bond donors (Lipinski definition) is 1. The minimum Gasteiger partial charge on any atom is -0.491 e. The minimum absolute atomic E-state index is 0.0684. The van der Waals surface area contributed by atoms with E-state index in [0.29, 0.717) is 23.9 Å². The molecule has 44 heavy (non-hydrogen) atoms. The fourth-order valence-electron chi connectivity index (χ4n) is 8.00. The van der Waals surface area contributed by atoms with Crippen LogP contribution in [0.15, 0.2) is 53.4 Å². The quantitative estimate of drug-likeness (QED) is 0.287. The lowest BCUT2D eigenvalue weighted by Gasteiger charge is -2.53. The molecule has 1 heterocycles. The Bertz CT molecular complexity index is 1390. The van der Waals surface area contributed by atoms with E-state index >= 15 is 0 Å². The van der Waals surface area contributed by atoms with E-state index in [1.54, 1.807) is 30.3 Å². The molecule has 8 nitrogen and oxygen atoms in total. The lowest BCUT2D eigenvalue weighted by atomic mass is 9.57. The van der Waals surface area contributed by atoms with Crippen molar-refractivity contribution >= 4 is 15.9 Å². The number of likely N-dealkylation sites (tertiary alicyclic amines) is 1. The number of benzene rings is 2. The van der Waals surface area contributed by atoms with Gasteiger partial charge in [0.05, 0.1) is 22.9 Å². The number of sulfone groups is 1. The first-order valence-electron chi connectivity index (χ1n) is 16.3. The summed E-state index contributed by atoms with van der Waals surface area (Å²) < 4.78 is 57.4. The summed E-state index contributed by atoms with van der Waals surface area (Å²) in [7, 11) is -3.21. The third-order valence-corrected chi connectivity index (χ3v) is 12.7. The van der Waals surface area contributed by atoms with Crippen LogP contribution in [-0.4, -0.2) is 69.7 Å². The average molecular weight is 629 g/mol. The fraction of sp³-hybridized carbons (Fsp3) is 0.618. The molecule has 1 saturated heterocycles. The van der Waals surface area contributed by atoms with Crippen LogP contribution in [0.25, 0.3) is 0 Å². The molecule has 0 radical (unpaired) electrons. The van der Waals surface area contributed by atoms with Crippen LogP contribution >= 0.6 is 0 Å². The maximum Gasteiger partial charge on any atom is 0.404 e. The Labute approximate surface area is 260 Å². The SMILES string of the molecule is NC(=O)O[C@H]1CCC[C@@H]1[C@](CN1CCC1)(c1cccc(F)c1)C1CCC(OCCOc2ccc(S(=O)(=O)C3CC3)cc2)CC1. The monoisotopic (exact) mass is 628 g/mol. The van der Waals surface area contributed by atoms with Crippen LogP contribution in [-0.2, 0) is 24.7 Å². The number of ether oxygens (including phenoxy) is 3. The molecule has 2 aromatic carbocycles. The summed E-state index contributed by atoms with van der Waals surface area (Å²) >= 11 is 0. The number of nitrogens with two attached hydrogens (primary N) is 1. The summed E-state index contributed by atoms with van der Waals surface area (Å²) in [6.45, 7) is 3.71. The molecule has 0 unspecified atom stereocenters. The smallest absolute Gasteiger partial charge is 0.404 e. The van der Waals surface area contributed by atoms with Gasteiger partial charge in [0.15, 0.2) is 9.84 Å². The minimum atomic E-state index is -3.21. The van der Waals surface area contributed by atoms with Crippen molar-refractivity contribution in [1.82, 2.24) is 4.90 Å². The van der Waals surface area contributed by atoms with Crippen molar-refractivity contribution in [3.8, 4) is 5.75 Å². The van der Waals surface area contributed by atoms with E-state index in [-0.39, 0.29) is 40.5 Å². The van der Waals surface area contributed by atoms with Crippen LogP contribution in [0.5, 0.6) is 5.75 Å². The van der Waals surface area contributed by atoms with E-state index in [9.17, 15) is 17.6 Å². The first kappa shape index (κ1) is 31.3. The Morgan fingerprint density at radius 3 is 2.32 bits per heavy atom. The Morgan fingerprint density at radius 1 is 0.932 bits per heavy atom. The summed E-state index contributed by atoms with van der Waals surface area (Å²) in [4.78, 5) is 14.7. The average Bonchev–Trinajstić information content (AvgIpc) is 3.76. The molecule has 1 aliphatic heterocycles. The molecule has 3 saturated carbocycles. The summed E-state index contributed by atoms with van der Waals surface area (Å²) in [5, 5.41) is -0.226. The first-order chi connectivity index (χ1) is 21.3. The zero-order valence-corrected chi connectivity index (χ0v) is 26.2. The molecule has 240 valence electrons. The second-order valence-electron chi connectivity index (χ2n) is 13.1. The predicted molar refractivity (Wildman–Crippen MR) is 165 cm³/mol. The van der Waals surface area contributed by atoms with Gasteiger partial charge in [-0.1, -0.05) is 12.1 Å². The number of hydrogen-bond acceptors (Lipinski definition) is 7. The summed E-state index contributed by atoms with van der Waals surface area (Å²) in [6.07, 6.45) is 8.07. The Hall–Kier alpha value is -2.69. The highest BCUT2D eigenvalue weighted by Crippen LogP contribution is 2.53. The standard InChI is InChI=1S/C34H45FN2O6S/c35-26-5-1-4-25(22-26)34(23-37-18-3-19-37,31-6-2-7-32(31)43-33(36)38)24-8-10-27(11-9-24)41-20-21-42-28-12-14-29(15-13-28)44(39,40)30-16-17-30/h1,4-5,12-15,22,24,27,30-32H,2-3,6-11,16-21,23H2,(H2,36,38)/t24?,27?,31-,32-,34-/m0/s1. The maximum atomic E-state index is 14.8. The van der Waals surface area contributed by atoms with Gasteiger partial charge in [0.25, 0.3) is 0 Å². The van der Waals surface area contributed by atoms with Gasteiger partial charge in [-0.05, 0) is 125 Å². The summed E-state index contributed by atoms with van der Waals surface area (Å²) in [5.41, 5.74) is 6.17. The number of nitrogens with zero attached hydrogens (tertiary/aromatic N) is 1. The number of carbonyl (C=O) groups excluding carboxylic acids is 1. The van der Waals surface area contributed by atoms with Crippen molar-refractivity contribution in [3.63, 3.8) is 0 Å². The molecular formula is C34H45FN2O6S. The van der Waals surface area contributed by atoms with Crippen molar-refractivity contribution in [2.45, 2.75) is 92.0 Å². The van der Waals surface area contributed by atoms with E-state index < -0.39 is 15.9 Å². The zero-order chi connectivity index (χ0) is 30.7. The van der Waals surface area contributed by atoms with Gasteiger partial charge in [0, 0.05) is 17.9 Å². The first-order valence-corrected chi connectivity index (χ1v) is 17.8.